The fourth-order valence-electron chi connectivity index (χ4n) is 2.65. The van der Waals surface area contributed by atoms with Crippen LogP contribution in [-0.2, 0) is 14.8 Å². The molecule has 0 radical (unpaired) electrons. The van der Waals surface area contributed by atoms with Gasteiger partial charge in [0.2, 0.25) is 10.0 Å². The van der Waals surface area contributed by atoms with E-state index in [2.05, 4.69) is 17.0 Å². The molecule has 0 spiro atoms. The van der Waals surface area contributed by atoms with Crippen LogP contribution in [0.5, 0.6) is 0 Å². The summed E-state index contributed by atoms with van der Waals surface area (Å²) >= 11 is 0. The molecule has 0 aromatic rings. The highest BCUT2D eigenvalue weighted by Crippen LogP contribution is 2.16. The first-order valence-corrected chi connectivity index (χ1v) is 8.54. The van der Waals surface area contributed by atoms with Crippen molar-refractivity contribution in [1.29, 1.82) is 0 Å². The van der Waals surface area contributed by atoms with Crippen LogP contribution in [0.2, 0.25) is 0 Å². The first kappa shape index (κ1) is 17.2. The standard InChI is InChI=1S/C12H24N2O3S.ClH/c1-10-8-13-6-5-12(10)14-18(15,16)9-11-4-2-3-7-17-11;/h10-14H,2-9H2,1H3;1H. The average molecular weight is 313 g/mol. The van der Waals surface area contributed by atoms with E-state index in [9.17, 15) is 8.42 Å². The lowest BCUT2D eigenvalue weighted by atomic mass is 9.97. The van der Waals surface area contributed by atoms with Crippen LogP contribution in [0.3, 0.4) is 0 Å². The van der Waals surface area contributed by atoms with Gasteiger partial charge in [-0.25, -0.2) is 13.1 Å². The summed E-state index contributed by atoms with van der Waals surface area (Å²) in [5.74, 6) is 0.463. The molecule has 0 bridgehead atoms. The summed E-state index contributed by atoms with van der Waals surface area (Å²) < 4.78 is 32.5. The van der Waals surface area contributed by atoms with Crippen molar-refractivity contribution >= 4 is 22.4 Å². The van der Waals surface area contributed by atoms with Gasteiger partial charge in [-0.2, -0.15) is 0 Å². The summed E-state index contributed by atoms with van der Waals surface area (Å²) in [5, 5.41) is 3.27. The lowest BCUT2D eigenvalue weighted by Gasteiger charge is -2.31. The van der Waals surface area contributed by atoms with E-state index in [1.54, 1.807) is 0 Å². The minimum Gasteiger partial charge on any atom is -0.377 e. The molecule has 2 N–H and O–H groups in total. The van der Waals surface area contributed by atoms with E-state index in [-0.39, 0.29) is 30.3 Å². The van der Waals surface area contributed by atoms with Crippen LogP contribution < -0.4 is 10.0 Å². The van der Waals surface area contributed by atoms with Crippen molar-refractivity contribution in [2.75, 3.05) is 25.4 Å². The van der Waals surface area contributed by atoms with Crippen LogP contribution in [0, 0.1) is 5.92 Å². The van der Waals surface area contributed by atoms with Gasteiger partial charge >= 0.3 is 0 Å². The Bertz CT molecular complexity index is 358. The van der Waals surface area contributed by atoms with Gasteiger partial charge in [-0.15, -0.1) is 12.4 Å². The molecule has 0 amide bonds. The molecule has 2 aliphatic heterocycles. The third kappa shape index (κ3) is 5.55. The van der Waals surface area contributed by atoms with E-state index in [0.717, 1.165) is 38.8 Å². The number of nitrogens with one attached hydrogen (secondary N) is 2. The summed E-state index contributed by atoms with van der Waals surface area (Å²) in [6, 6.07) is 0.0693. The van der Waals surface area contributed by atoms with E-state index >= 15 is 0 Å². The molecule has 5 nitrogen and oxygen atoms in total. The zero-order valence-corrected chi connectivity index (χ0v) is 13.1. The molecule has 2 saturated heterocycles. The van der Waals surface area contributed by atoms with Crippen LogP contribution in [0.1, 0.15) is 32.6 Å². The lowest BCUT2D eigenvalue weighted by molar-refractivity contribution is 0.0303. The SMILES string of the molecule is CC1CNCCC1NS(=O)(=O)CC1CCCCO1.Cl. The molecule has 0 saturated carbocycles. The molecule has 0 aromatic carbocycles. The monoisotopic (exact) mass is 312 g/mol. The fourth-order valence-corrected chi connectivity index (χ4v) is 4.31. The first-order chi connectivity index (χ1) is 8.57. The maximum Gasteiger partial charge on any atom is 0.214 e. The van der Waals surface area contributed by atoms with Gasteiger partial charge in [0.15, 0.2) is 0 Å². The number of rotatable bonds is 4. The zero-order valence-electron chi connectivity index (χ0n) is 11.4. The van der Waals surface area contributed by atoms with Crippen molar-refractivity contribution in [2.24, 2.45) is 5.92 Å². The average Bonchev–Trinajstić information content (AvgIpc) is 2.32. The Morgan fingerprint density at radius 2 is 2.11 bits per heavy atom. The molecule has 0 aliphatic carbocycles. The zero-order chi connectivity index (χ0) is 13.0. The maximum atomic E-state index is 12.1. The molecule has 2 aliphatic rings. The first-order valence-electron chi connectivity index (χ1n) is 6.89. The Hall–Kier alpha value is 0.120. The molecule has 0 aromatic heterocycles. The minimum absolute atomic E-state index is 0. The van der Waals surface area contributed by atoms with Crippen molar-refractivity contribution in [1.82, 2.24) is 10.0 Å². The molecule has 2 heterocycles. The van der Waals surface area contributed by atoms with Crippen LogP contribution in [-0.4, -0.2) is 46.0 Å². The van der Waals surface area contributed by atoms with E-state index in [4.69, 9.17) is 4.74 Å². The van der Waals surface area contributed by atoms with Gasteiger partial charge < -0.3 is 10.1 Å². The van der Waals surface area contributed by atoms with Crippen molar-refractivity contribution in [3.63, 3.8) is 0 Å². The minimum atomic E-state index is -3.22. The largest absolute Gasteiger partial charge is 0.377 e. The fraction of sp³-hybridized carbons (Fsp3) is 1.00. The predicted octanol–water partition coefficient (Wildman–Crippen LogP) is 0.895. The molecule has 3 atom stereocenters. The number of ether oxygens (including phenoxy) is 1. The molecule has 114 valence electrons. The van der Waals surface area contributed by atoms with Crippen LogP contribution >= 0.6 is 12.4 Å². The number of piperidine rings is 1. The summed E-state index contributed by atoms with van der Waals surface area (Å²) in [6.45, 7) is 4.55. The molecular weight excluding hydrogens is 288 g/mol. The van der Waals surface area contributed by atoms with Gasteiger partial charge in [0, 0.05) is 12.6 Å². The van der Waals surface area contributed by atoms with Crippen molar-refractivity contribution in [3.8, 4) is 0 Å². The molecule has 3 unspecified atom stereocenters. The van der Waals surface area contributed by atoms with Gasteiger partial charge in [-0.1, -0.05) is 6.92 Å². The molecular formula is C12H25ClN2O3S. The summed E-state index contributed by atoms with van der Waals surface area (Å²) in [6.07, 6.45) is 3.74. The van der Waals surface area contributed by atoms with Crippen LogP contribution in [0.4, 0.5) is 0 Å². The van der Waals surface area contributed by atoms with Gasteiger partial charge in [0.25, 0.3) is 0 Å². The second-order valence-corrected chi connectivity index (χ2v) is 7.26. The van der Waals surface area contributed by atoms with Crippen molar-refractivity contribution in [3.05, 3.63) is 0 Å². The highest BCUT2D eigenvalue weighted by molar-refractivity contribution is 7.89. The normalized spacial score (nSPS) is 32.6. The van der Waals surface area contributed by atoms with E-state index < -0.39 is 10.0 Å². The second kappa shape index (κ2) is 7.78. The van der Waals surface area contributed by atoms with E-state index in [1.165, 1.54) is 0 Å². The molecule has 2 rings (SSSR count). The third-order valence-electron chi connectivity index (χ3n) is 3.80. The Morgan fingerprint density at radius 3 is 2.74 bits per heavy atom. The molecule has 7 heteroatoms. The Balaban J connectivity index is 0.00000180. The lowest BCUT2D eigenvalue weighted by Crippen LogP contribution is -2.49. The topological polar surface area (TPSA) is 67.4 Å². The third-order valence-corrected chi connectivity index (χ3v) is 5.27. The maximum absolute atomic E-state index is 12.1. The van der Waals surface area contributed by atoms with Gasteiger partial charge in [0.1, 0.15) is 0 Å². The van der Waals surface area contributed by atoms with E-state index in [0.29, 0.717) is 12.5 Å². The number of sulfonamides is 1. The Kier molecular flexibility index (Phi) is 7.04. The molecule has 2 fully saturated rings. The van der Waals surface area contributed by atoms with Crippen LogP contribution in [0.25, 0.3) is 0 Å². The van der Waals surface area contributed by atoms with Crippen LogP contribution in [0.15, 0.2) is 0 Å². The predicted molar refractivity (Wildman–Crippen MR) is 78.2 cm³/mol. The number of halogens is 1. The smallest absolute Gasteiger partial charge is 0.214 e. The van der Waals surface area contributed by atoms with Gasteiger partial charge in [0.05, 0.1) is 11.9 Å². The summed E-state index contributed by atoms with van der Waals surface area (Å²) in [7, 11) is -3.22. The summed E-state index contributed by atoms with van der Waals surface area (Å²) in [4.78, 5) is 0. The Labute approximate surface area is 122 Å². The quantitative estimate of drug-likeness (QED) is 0.809. The number of hydrogen-bond acceptors (Lipinski definition) is 4. The number of hydrogen-bond donors (Lipinski definition) is 2. The van der Waals surface area contributed by atoms with Crippen molar-refractivity contribution in [2.45, 2.75) is 44.8 Å². The second-order valence-electron chi connectivity index (χ2n) is 5.46. The van der Waals surface area contributed by atoms with Gasteiger partial charge in [-0.3, -0.25) is 0 Å². The highest BCUT2D eigenvalue weighted by atomic mass is 35.5. The molecule has 19 heavy (non-hydrogen) atoms. The van der Waals surface area contributed by atoms with Crippen molar-refractivity contribution < 1.29 is 13.2 Å². The Morgan fingerprint density at radius 1 is 1.32 bits per heavy atom. The summed E-state index contributed by atoms with van der Waals surface area (Å²) in [5.41, 5.74) is 0. The highest BCUT2D eigenvalue weighted by Gasteiger charge is 2.28. The van der Waals surface area contributed by atoms with E-state index in [1.807, 2.05) is 0 Å². The van der Waals surface area contributed by atoms with Gasteiger partial charge in [-0.05, 0) is 44.7 Å².